The number of nitrogens with two attached hydrogens (primary N) is 1. The van der Waals surface area contributed by atoms with Crippen LogP contribution in [-0.2, 0) is 4.79 Å². The molecule has 1 aliphatic rings. The van der Waals surface area contributed by atoms with E-state index in [9.17, 15) is 4.79 Å². The number of anilines is 1. The van der Waals surface area contributed by atoms with Crippen LogP contribution < -0.4 is 5.73 Å². The summed E-state index contributed by atoms with van der Waals surface area (Å²) in [5.74, 6) is -1.14. The van der Waals surface area contributed by atoms with Crippen LogP contribution >= 0.6 is 0 Å². The van der Waals surface area contributed by atoms with E-state index in [4.69, 9.17) is 15.4 Å². The Morgan fingerprint density at radius 3 is 3.08 bits per heavy atom. The third kappa shape index (κ3) is 0.998. The van der Waals surface area contributed by atoms with Gasteiger partial charge in [-0.15, -0.1) is 0 Å². The lowest BCUT2D eigenvalue weighted by Crippen LogP contribution is -2.09. The van der Waals surface area contributed by atoms with Crippen LogP contribution in [0.25, 0.3) is 0 Å². The van der Waals surface area contributed by atoms with Crippen molar-refractivity contribution in [1.82, 2.24) is 5.16 Å². The molecule has 2 rings (SSSR count). The molecule has 2 atom stereocenters. The molecule has 0 aromatic carbocycles. The van der Waals surface area contributed by atoms with Gasteiger partial charge in [0.05, 0.1) is 17.2 Å². The molecule has 0 radical (unpaired) electrons. The summed E-state index contributed by atoms with van der Waals surface area (Å²) in [6.07, 6.45) is 0.563. The highest BCUT2D eigenvalue weighted by molar-refractivity contribution is 5.79. The van der Waals surface area contributed by atoms with Crippen molar-refractivity contribution in [3.05, 3.63) is 11.3 Å². The molecule has 5 nitrogen and oxygen atoms in total. The van der Waals surface area contributed by atoms with Crippen molar-refractivity contribution in [2.45, 2.75) is 25.2 Å². The van der Waals surface area contributed by atoms with Gasteiger partial charge < -0.3 is 15.4 Å². The van der Waals surface area contributed by atoms with Crippen LogP contribution in [0, 0.1) is 0 Å². The van der Waals surface area contributed by atoms with Crippen molar-refractivity contribution < 1.29 is 14.4 Å². The minimum absolute atomic E-state index is 0.122. The Labute approximate surface area is 74.5 Å². The quantitative estimate of drug-likeness (QED) is 0.674. The van der Waals surface area contributed by atoms with Gasteiger partial charge in [-0.25, -0.2) is 0 Å². The zero-order valence-electron chi connectivity index (χ0n) is 7.15. The summed E-state index contributed by atoms with van der Waals surface area (Å²) in [5, 5.41) is 12.6. The smallest absolute Gasteiger partial charge is 0.311 e. The molecule has 1 aliphatic carbocycles. The second-order valence-electron chi connectivity index (χ2n) is 3.37. The third-order valence-corrected chi connectivity index (χ3v) is 2.49. The Hall–Kier alpha value is -1.52. The second-order valence-corrected chi connectivity index (χ2v) is 3.37. The van der Waals surface area contributed by atoms with E-state index in [2.05, 4.69) is 5.16 Å². The monoisotopic (exact) mass is 182 g/mol. The second kappa shape index (κ2) is 2.48. The number of nitrogen functional groups attached to an aromatic ring is 1. The largest absolute Gasteiger partial charge is 0.481 e. The van der Waals surface area contributed by atoms with Gasteiger partial charge in [0.15, 0.2) is 0 Å². The minimum atomic E-state index is -0.861. The summed E-state index contributed by atoms with van der Waals surface area (Å²) in [6.45, 7) is 1.92. The van der Waals surface area contributed by atoms with Gasteiger partial charge in [-0.1, -0.05) is 12.1 Å². The number of aliphatic carboxylic acids is 1. The Kier molecular flexibility index (Phi) is 1.55. The van der Waals surface area contributed by atoms with Gasteiger partial charge in [0.2, 0.25) is 5.88 Å². The van der Waals surface area contributed by atoms with E-state index in [1.165, 1.54) is 0 Å². The van der Waals surface area contributed by atoms with Crippen molar-refractivity contribution in [2.24, 2.45) is 0 Å². The predicted octanol–water partition coefficient (Wildman–Crippen LogP) is 0.932. The summed E-state index contributed by atoms with van der Waals surface area (Å²) in [5.41, 5.74) is 6.76. The van der Waals surface area contributed by atoms with Gasteiger partial charge in [-0.2, -0.15) is 0 Å². The molecule has 0 saturated heterocycles. The third-order valence-electron chi connectivity index (χ3n) is 2.49. The molecule has 13 heavy (non-hydrogen) atoms. The average molecular weight is 182 g/mol. The van der Waals surface area contributed by atoms with Crippen molar-refractivity contribution in [2.75, 3.05) is 5.73 Å². The molecule has 0 spiro atoms. The maximum Gasteiger partial charge on any atom is 0.311 e. The number of hydrogen-bond donors (Lipinski definition) is 2. The molecular formula is C8H10N2O3. The molecule has 1 aromatic rings. The van der Waals surface area contributed by atoms with Gasteiger partial charge in [-0.05, 0) is 6.42 Å². The van der Waals surface area contributed by atoms with Crippen LogP contribution in [-0.4, -0.2) is 16.2 Å². The maximum atomic E-state index is 10.8. The average Bonchev–Trinajstić information content (AvgIpc) is 2.55. The summed E-state index contributed by atoms with van der Waals surface area (Å²) in [7, 11) is 0. The zero-order valence-corrected chi connectivity index (χ0v) is 7.15. The van der Waals surface area contributed by atoms with Gasteiger partial charge in [0.1, 0.15) is 0 Å². The fraction of sp³-hybridized carbons (Fsp3) is 0.500. The normalized spacial score (nSPS) is 25.9. The highest BCUT2D eigenvalue weighted by Gasteiger charge is 2.38. The minimum Gasteiger partial charge on any atom is -0.481 e. The summed E-state index contributed by atoms with van der Waals surface area (Å²) in [6, 6.07) is 0. The van der Waals surface area contributed by atoms with Crippen LogP contribution in [0.1, 0.15) is 36.4 Å². The van der Waals surface area contributed by atoms with E-state index in [0.717, 1.165) is 0 Å². The molecule has 70 valence electrons. The number of fused-ring (bicyclic) bond motifs is 1. The molecule has 0 aliphatic heterocycles. The lowest BCUT2D eigenvalue weighted by molar-refractivity contribution is -0.138. The fourth-order valence-corrected chi connectivity index (χ4v) is 1.84. The summed E-state index contributed by atoms with van der Waals surface area (Å²) < 4.78 is 4.75. The van der Waals surface area contributed by atoms with Gasteiger partial charge >= 0.3 is 5.97 Å². The first-order chi connectivity index (χ1) is 6.11. The van der Waals surface area contributed by atoms with Crippen LogP contribution in [0.3, 0.4) is 0 Å². The topological polar surface area (TPSA) is 89.3 Å². The molecule has 0 saturated carbocycles. The van der Waals surface area contributed by atoms with E-state index in [0.29, 0.717) is 17.7 Å². The first-order valence-corrected chi connectivity index (χ1v) is 4.09. The Bertz CT molecular complexity index is 358. The first-order valence-electron chi connectivity index (χ1n) is 4.09. The highest BCUT2D eigenvalue weighted by atomic mass is 16.5. The Morgan fingerprint density at radius 2 is 2.46 bits per heavy atom. The molecule has 0 amide bonds. The number of nitrogens with zero attached hydrogens (tertiary/aromatic N) is 1. The van der Waals surface area contributed by atoms with Crippen LogP contribution in [0.2, 0.25) is 0 Å². The maximum absolute atomic E-state index is 10.8. The van der Waals surface area contributed by atoms with Crippen LogP contribution in [0.5, 0.6) is 0 Å². The molecule has 1 heterocycles. The van der Waals surface area contributed by atoms with Crippen molar-refractivity contribution in [1.29, 1.82) is 0 Å². The summed E-state index contributed by atoms with van der Waals surface area (Å²) in [4.78, 5) is 10.8. The Balaban J connectivity index is 2.50. The van der Waals surface area contributed by atoms with Gasteiger partial charge in [-0.3, -0.25) is 4.79 Å². The Morgan fingerprint density at radius 1 is 1.77 bits per heavy atom. The highest BCUT2D eigenvalue weighted by Crippen LogP contribution is 2.43. The number of carbonyl (C=O) groups is 1. The molecular weight excluding hydrogens is 172 g/mol. The number of rotatable bonds is 1. The fourth-order valence-electron chi connectivity index (χ4n) is 1.84. The first kappa shape index (κ1) is 8.10. The predicted molar refractivity (Wildman–Crippen MR) is 44.3 cm³/mol. The van der Waals surface area contributed by atoms with E-state index in [1.54, 1.807) is 0 Å². The standard InChI is InChI=1S/C8H10N2O3/c1-3-2-4(8(11)12)5-6(3)10-13-7(5)9/h3-4H,2,9H2,1H3,(H,11,12). The van der Waals surface area contributed by atoms with Crippen molar-refractivity contribution >= 4 is 11.9 Å². The zero-order chi connectivity index (χ0) is 9.59. The molecule has 0 fully saturated rings. The molecule has 1 aromatic heterocycles. The van der Waals surface area contributed by atoms with E-state index in [1.807, 2.05) is 6.92 Å². The SMILES string of the molecule is CC1CC(C(=O)O)c2c1noc2N. The lowest BCUT2D eigenvalue weighted by Gasteiger charge is -2.03. The van der Waals surface area contributed by atoms with E-state index < -0.39 is 11.9 Å². The number of aromatic nitrogens is 1. The number of hydrogen-bond acceptors (Lipinski definition) is 4. The molecule has 5 heteroatoms. The summed E-state index contributed by atoms with van der Waals surface area (Å²) >= 11 is 0. The molecule has 3 N–H and O–H groups in total. The number of carboxylic acids is 1. The van der Waals surface area contributed by atoms with Crippen LogP contribution in [0.4, 0.5) is 5.88 Å². The van der Waals surface area contributed by atoms with Gasteiger partial charge in [0, 0.05) is 5.92 Å². The van der Waals surface area contributed by atoms with Gasteiger partial charge in [0.25, 0.3) is 0 Å². The molecule has 0 bridgehead atoms. The van der Waals surface area contributed by atoms with E-state index in [-0.39, 0.29) is 11.8 Å². The number of carboxylic acid groups (broad SMARTS) is 1. The lowest BCUT2D eigenvalue weighted by atomic mass is 10.0. The van der Waals surface area contributed by atoms with Crippen molar-refractivity contribution in [3.8, 4) is 0 Å². The molecule has 2 unspecified atom stereocenters. The van der Waals surface area contributed by atoms with Crippen LogP contribution in [0.15, 0.2) is 4.52 Å². The van der Waals surface area contributed by atoms with E-state index >= 15 is 0 Å². The van der Waals surface area contributed by atoms with Crippen molar-refractivity contribution in [3.63, 3.8) is 0 Å².